The molecule has 7 nitrogen and oxygen atoms in total. The summed E-state index contributed by atoms with van der Waals surface area (Å²) in [6.45, 7) is 5.07. The Kier molecular flexibility index (Phi) is 5.67. The predicted molar refractivity (Wildman–Crippen MR) is 85.0 cm³/mol. The van der Waals surface area contributed by atoms with Crippen LogP contribution in [-0.4, -0.2) is 53.3 Å². The Morgan fingerprint density at radius 1 is 1.26 bits per heavy atom. The number of hydrogen-bond acceptors (Lipinski definition) is 4. The molecule has 1 aromatic rings. The van der Waals surface area contributed by atoms with Crippen LogP contribution in [0.1, 0.15) is 47.5 Å². The average Bonchev–Trinajstić information content (AvgIpc) is 3.02. The first-order chi connectivity index (χ1) is 11.0. The summed E-state index contributed by atoms with van der Waals surface area (Å²) in [5, 5.41) is 5.47. The molecule has 0 radical (unpaired) electrons. The maximum atomic E-state index is 12.1. The molecule has 7 heteroatoms. The van der Waals surface area contributed by atoms with Crippen molar-refractivity contribution in [3.63, 3.8) is 0 Å². The topological polar surface area (TPSA) is 91.4 Å². The molecule has 2 N–H and O–H groups in total. The molecule has 2 rings (SSSR count). The lowest BCUT2D eigenvalue weighted by Crippen LogP contribution is -2.42. The zero-order valence-electron chi connectivity index (χ0n) is 13.5. The number of likely N-dealkylation sites (tertiary alicyclic amines) is 1. The van der Waals surface area contributed by atoms with Crippen molar-refractivity contribution in [3.05, 3.63) is 29.6 Å². The zero-order chi connectivity index (χ0) is 16.8. The molecule has 0 aliphatic carbocycles. The molecule has 2 heterocycles. The highest BCUT2D eigenvalue weighted by molar-refractivity contribution is 5.96. The number of amides is 3. The van der Waals surface area contributed by atoms with Gasteiger partial charge in [-0.25, -0.2) is 0 Å². The molecule has 0 bridgehead atoms. The SMILES string of the molecule is CCNC(=O)c1ccc(C(=O)NC[C@H]2CCCN2C(C)=O)nc1. The van der Waals surface area contributed by atoms with Gasteiger partial charge in [-0.2, -0.15) is 0 Å². The molecular weight excluding hydrogens is 296 g/mol. The lowest BCUT2D eigenvalue weighted by molar-refractivity contribution is -0.129. The van der Waals surface area contributed by atoms with Gasteiger partial charge in [0, 0.05) is 38.8 Å². The van der Waals surface area contributed by atoms with Crippen LogP contribution in [0.2, 0.25) is 0 Å². The summed E-state index contributed by atoms with van der Waals surface area (Å²) < 4.78 is 0. The Balaban J connectivity index is 1.91. The Hall–Kier alpha value is -2.44. The fraction of sp³-hybridized carbons (Fsp3) is 0.500. The number of carbonyl (C=O) groups is 3. The summed E-state index contributed by atoms with van der Waals surface area (Å²) in [5.41, 5.74) is 0.673. The summed E-state index contributed by atoms with van der Waals surface area (Å²) in [5.74, 6) is -0.482. The van der Waals surface area contributed by atoms with Crippen molar-refractivity contribution in [3.8, 4) is 0 Å². The van der Waals surface area contributed by atoms with E-state index in [2.05, 4.69) is 15.6 Å². The van der Waals surface area contributed by atoms with Crippen LogP contribution in [0.25, 0.3) is 0 Å². The number of carbonyl (C=O) groups excluding carboxylic acids is 3. The molecule has 124 valence electrons. The van der Waals surface area contributed by atoms with Crippen molar-refractivity contribution in [2.75, 3.05) is 19.6 Å². The van der Waals surface area contributed by atoms with Crippen LogP contribution in [0, 0.1) is 0 Å². The maximum Gasteiger partial charge on any atom is 0.269 e. The first kappa shape index (κ1) is 16.9. The van der Waals surface area contributed by atoms with Gasteiger partial charge in [0.15, 0.2) is 0 Å². The number of nitrogens with one attached hydrogen (secondary N) is 2. The summed E-state index contributed by atoms with van der Waals surface area (Å²) >= 11 is 0. The number of pyridine rings is 1. The molecule has 0 unspecified atom stereocenters. The van der Waals surface area contributed by atoms with Gasteiger partial charge in [0.05, 0.1) is 5.56 Å². The quantitative estimate of drug-likeness (QED) is 0.830. The third kappa shape index (κ3) is 4.28. The molecule has 0 aromatic carbocycles. The van der Waals surface area contributed by atoms with Gasteiger partial charge in [-0.1, -0.05) is 0 Å². The van der Waals surface area contributed by atoms with Crippen LogP contribution in [0.5, 0.6) is 0 Å². The minimum Gasteiger partial charge on any atom is -0.352 e. The van der Waals surface area contributed by atoms with Gasteiger partial charge in [-0.15, -0.1) is 0 Å². The van der Waals surface area contributed by atoms with Crippen molar-refractivity contribution < 1.29 is 14.4 Å². The van der Waals surface area contributed by atoms with Crippen LogP contribution < -0.4 is 10.6 Å². The molecular formula is C16H22N4O3. The van der Waals surface area contributed by atoms with Gasteiger partial charge in [0.25, 0.3) is 11.8 Å². The number of rotatable bonds is 5. The highest BCUT2D eigenvalue weighted by Gasteiger charge is 2.26. The van der Waals surface area contributed by atoms with E-state index in [1.807, 2.05) is 6.92 Å². The van der Waals surface area contributed by atoms with E-state index in [9.17, 15) is 14.4 Å². The smallest absolute Gasteiger partial charge is 0.269 e. The van der Waals surface area contributed by atoms with E-state index in [0.717, 1.165) is 19.4 Å². The lowest BCUT2D eigenvalue weighted by Gasteiger charge is -2.23. The highest BCUT2D eigenvalue weighted by atomic mass is 16.2. The van der Waals surface area contributed by atoms with Crippen LogP contribution in [0.4, 0.5) is 0 Å². The van der Waals surface area contributed by atoms with Crippen molar-refractivity contribution in [1.29, 1.82) is 0 Å². The van der Waals surface area contributed by atoms with E-state index >= 15 is 0 Å². The Bertz CT molecular complexity index is 585. The van der Waals surface area contributed by atoms with Crippen LogP contribution in [0.3, 0.4) is 0 Å². The monoisotopic (exact) mass is 318 g/mol. The fourth-order valence-corrected chi connectivity index (χ4v) is 2.69. The largest absolute Gasteiger partial charge is 0.352 e. The molecule has 1 fully saturated rings. The standard InChI is InChI=1S/C16H22N4O3/c1-3-17-15(22)12-6-7-14(18-9-12)16(23)19-10-13-5-4-8-20(13)11(2)21/h6-7,9,13H,3-5,8,10H2,1-2H3,(H,17,22)(H,19,23)/t13-/m1/s1. The van der Waals surface area contributed by atoms with Gasteiger partial charge in [-0.3, -0.25) is 19.4 Å². The molecule has 1 atom stereocenters. The molecule has 1 aromatic heterocycles. The predicted octanol–water partition coefficient (Wildman–Crippen LogP) is 0.572. The summed E-state index contributed by atoms with van der Waals surface area (Å²) in [4.78, 5) is 41.0. The number of hydrogen-bond donors (Lipinski definition) is 2. The van der Waals surface area contributed by atoms with Gasteiger partial charge in [0.1, 0.15) is 5.69 Å². The van der Waals surface area contributed by atoms with Gasteiger partial charge in [0.2, 0.25) is 5.91 Å². The normalized spacial score (nSPS) is 17.0. The second-order valence-corrected chi connectivity index (χ2v) is 5.51. The van der Waals surface area contributed by atoms with E-state index in [0.29, 0.717) is 18.7 Å². The Morgan fingerprint density at radius 3 is 2.65 bits per heavy atom. The van der Waals surface area contributed by atoms with Crippen LogP contribution in [0.15, 0.2) is 18.3 Å². The van der Waals surface area contributed by atoms with Crippen molar-refractivity contribution in [2.45, 2.75) is 32.7 Å². The summed E-state index contributed by atoms with van der Waals surface area (Å²) in [6, 6.07) is 3.15. The Morgan fingerprint density at radius 2 is 2.04 bits per heavy atom. The van der Waals surface area contributed by atoms with E-state index < -0.39 is 0 Å². The third-order valence-electron chi connectivity index (χ3n) is 3.88. The van der Waals surface area contributed by atoms with E-state index in [1.54, 1.807) is 17.9 Å². The summed E-state index contributed by atoms with van der Waals surface area (Å²) in [7, 11) is 0. The molecule has 0 saturated carbocycles. The minimum atomic E-state index is -0.303. The minimum absolute atomic E-state index is 0.0335. The number of nitrogens with zero attached hydrogens (tertiary/aromatic N) is 2. The van der Waals surface area contributed by atoms with E-state index in [-0.39, 0.29) is 29.5 Å². The van der Waals surface area contributed by atoms with Crippen LogP contribution >= 0.6 is 0 Å². The second kappa shape index (κ2) is 7.71. The Labute approximate surface area is 135 Å². The second-order valence-electron chi connectivity index (χ2n) is 5.51. The molecule has 23 heavy (non-hydrogen) atoms. The number of aromatic nitrogens is 1. The molecule has 1 aliphatic heterocycles. The molecule has 1 aliphatic rings. The van der Waals surface area contributed by atoms with E-state index in [1.165, 1.54) is 12.3 Å². The lowest BCUT2D eigenvalue weighted by atomic mass is 10.2. The maximum absolute atomic E-state index is 12.1. The zero-order valence-corrected chi connectivity index (χ0v) is 13.5. The highest BCUT2D eigenvalue weighted by Crippen LogP contribution is 2.16. The average molecular weight is 318 g/mol. The first-order valence-corrected chi connectivity index (χ1v) is 7.82. The van der Waals surface area contributed by atoms with Crippen LogP contribution in [-0.2, 0) is 4.79 Å². The van der Waals surface area contributed by atoms with Gasteiger partial charge < -0.3 is 15.5 Å². The van der Waals surface area contributed by atoms with Gasteiger partial charge in [-0.05, 0) is 31.9 Å². The first-order valence-electron chi connectivity index (χ1n) is 7.82. The molecule has 1 saturated heterocycles. The fourth-order valence-electron chi connectivity index (χ4n) is 2.69. The van der Waals surface area contributed by atoms with E-state index in [4.69, 9.17) is 0 Å². The van der Waals surface area contributed by atoms with Crippen molar-refractivity contribution >= 4 is 17.7 Å². The third-order valence-corrected chi connectivity index (χ3v) is 3.88. The molecule has 0 spiro atoms. The molecule has 3 amide bonds. The van der Waals surface area contributed by atoms with Gasteiger partial charge >= 0.3 is 0 Å². The summed E-state index contributed by atoms with van der Waals surface area (Å²) in [6.07, 6.45) is 3.24. The van der Waals surface area contributed by atoms with Crippen molar-refractivity contribution in [2.24, 2.45) is 0 Å². The van der Waals surface area contributed by atoms with Crippen molar-refractivity contribution in [1.82, 2.24) is 20.5 Å².